The standard InChI is InChI=1S/C26H27Cl2N3O5S2/c1-14(16-13-37-23(22(16)33)15-6-7-17(27)18(28)12-15)29-30-24(34)19-8-9-20(38-19)25(35)31(5)11-10-21(32)36-26(2,3)4/h6-9,12-13,33H,10-11H2,1-5H3,(H,30,34). The van der Waals surface area contributed by atoms with Crippen molar-refractivity contribution < 1.29 is 24.2 Å². The Balaban J connectivity index is 1.62. The predicted molar refractivity (Wildman–Crippen MR) is 153 cm³/mol. The van der Waals surface area contributed by atoms with Crippen molar-refractivity contribution in [3.05, 3.63) is 61.1 Å². The SMILES string of the molecule is CC(=NNC(=O)c1ccc(C(=O)N(C)CCC(=O)OC(C)(C)C)s1)c1csc(-c2ccc(Cl)c(Cl)c2)c1O. The largest absolute Gasteiger partial charge is 0.506 e. The van der Waals surface area contributed by atoms with Crippen LogP contribution in [0.5, 0.6) is 5.75 Å². The van der Waals surface area contributed by atoms with E-state index in [0.717, 1.165) is 11.3 Å². The number of aromatic hydroxyl groups is 1. The molecular weight excluding hydrogens is 569 g/mol. The first-order valence-corrected chi connectivity index (χ1v) is 13.9. The number of amides is 2. The van der Waals surface area contributed by atoms with Crippen LogP contribution in [0.25, 0.3) is 10.4 Å². The zero-order valence-corrected chi connectivity index (χ0v) is 24.6. The zero-order valence-electron chi connectivity index (χ0n) is 21.4. The van der Waals surface area contributed by atoms with Gasteiger partial charge in [0.2, 0.25) is 0 Å². The van der Waals surface area contributed by atoms with Gasteiger partial charge in [-0.3, -0.25) is 14.4 Å². The number of esters is 1. The maximum atomic E-state index is 12.7. The molecule has 0 saturated carbocycles. The Kier molecular flexibility index (Phi) is 9.59. The number of ether oxygens (including phenoxy) is 1. The summed E-state index contributed by atoms with van der Waals surface area (Å²) in [5, 5.41) is 17.3. The summed E-state index contributed by atoms with van der Waals surface area (Å²) in [4.78, 5) is 39.9. The predicted octanol–water partition coefficient (Wildman–Crippen LogP) is 6.45. The Morgan fingerprint density at radius 2 is 1.79 bits per heavy atom. The normalized spacial score (nSPS) is 11.8. The molecule has 0 bridgehead atoms. The molecule has 2 heterocycles. The topological polar surface area (TPSA) is 108 Å². The van der Waals surface area contributed by atoms with Gasteiger partial charge in [-0.15, -0.1) is 22.7 Å². The lowest BCUT2D eigenvalue weighted by atomic mass is 10.1. The number of benzene rings is 1. The molecule has 8 nitrogen and oxygen atoms in total. The first-order valence-electron chi connectivity index (χ1n) is 11.4. The molecule has 0 fully saturated rings. The summed E-state index contributed by atoms with van der Waals surface area (Å²) in [6.45, 7) is 7.18. The Morgan fingerprint density at radius 3 is 2.45 bits per heavy atom. The summed E-state index contributed by atoms with van der Waals surface area (Å²) in [7, 11) is 1.58. The van der Waals surface area contributed by atoms with E-state index in [1.807, 2.05) is 0 Å². The van der Waals surface area contributed by atoms with Gasteiger partial charge in [-0.1, -0.05) is 29.3 Å². The second-order valence-electron chi connectivity index (χ2n) is 9.32. The second-order valence-corrected chi connectivity index (χ2v) is 12.1. The number of hydrogen-bond donors (Lipinski definition) is 2. The Bertz CT molecular complexity index is 1390. The van der Waals surface area contributed by atoms with Gasteiger partial charge in [-0.05, 0) is 57.5 Å². The average molecular weight is 597 g/mol. The highest BCUT2D eigenvalue weighted by Crippen LogP contribution is 2.40. The van der Waals surface area contributed by atoms with E-state index in [1.165, 1.54) is 22.3 Å². The fraction of sp³-hybridized carbons (Fsp3) is 0.308. The summed E-state index contributed by atoms with van der Waals surface area (Å²) >= 11 is 14.4. The van der Waals surface area contributed by atoms with E-state index < -0.39 is 17.5 Å². The maximum absolute atomic E-state index is 12.7. The smallest absolute Gasteiger partial charge is 0.308 e. The molecule has 0 aliphatic carbocycles. The van der Waals surface area contributed by atoms with Gasteiger partial charge < -0.3 is 14.7 Å². The fourth-order valence-corrected chi connectivity index (χ4v) is 5.41. The number of halogens is 2. The minimum atomic E-state index is -0.591. The molecule has 38 heavy (non-hydrogen) atoms. The van der Waals surface area contributed by atoms with Gasteiger partial charge in [0.15, 0.2) is 0 Å². The second kappa shape index (κ2) is 12.3. The minimum absolute atomic E-state index is 0.0160. The lowest BCUT2D eigenvalue weighted by Gasteiger charge is -2.21. The van der Waals surface area contributed by atoms with E-state index in [-0.39, 0.29) is 29.5 Å². The van der Waals surface area contributed by atoms with Crippen LogP contribution in [0.3, 0.4) is 0 Å². The number of hydrogen-bond acceptors (Lipinski definition) is 8. The highest BCUT2D eigenvalue weighted by Gasteiger charge is 2.21. The van der Waals surface area contributed by atoms with Crippen molar-refractivity contribution in [3.63, 3.8) is 0 Å². The van der Waals surface area contributed by atoms with Crippen molar-refractivity contribution in [2.75, 3.05) is 13.6 Å². The molecule has 0 unspecified atom stereocenters. The van der Waals surface area contributed by atoms with Crippen LogP contribution in [0.4, 0.5) is 0 Å². The van der Waals surface area contributed by atoms with Crippen LogP contribution in [0, 0.1) is 0 Å². The summed E-state index contributed by atoms with van der Waals surface area (Å²) < 4.78 is 5.26. The highest BCUT2D eigenvalue weighted by atomic mass is 35.5. The van der Waals surface area contributed by atoms with Gasteiger partial charge in [-0.2, -0.15) is 5.10 Å². The summed E-state index contributed by atoms with van der Waals surface area (Å²) in [5.41, 5.74) is 3.44. The molecule has 0 aliphatic rings. The number of nitrogens with zero attached hydrogens (tertiary/aromatic N) is 2. The van der Waals surface area contributed by atoms with Crippen LogP contribution >= 0.6 is 45.9 Å². The molecule has 2 N–H and O–H groups in total. The first kappa shape index (κ1) is 29.6. The molecule has 0 spiro atoms. The molecule has 2 aromatic heterocycles. The van der Waals surface area contributed by atoms with Gasteiger partial charge in [0.25, 0.3) is 11.8 Å². The van der Waals surface area contributed by atoms with Gasteiger partial charge in [0.1, 0.15) is 11.4 Å². The first-order chi connectivity index (χ1) is 17.8. The number of nitrogens with one attached hydrogen (secondary N) is 1. The highest BCUT2D eigenvalue weighted by molar-refractivity contribution is 7.16. The quantitative estimate of drug-likeness (QED) is 0.177. The molecule has 12 heteroatoms. The molecular formula is C26H27Cl2N3O5S2. The molecule has 0 aliphatic heterocycles. The minimum Gasteiger partial charge on any atom is -0.506 e. The van der Waals surface area contributed by atoms with Crippen LogP contribution in [-0.2, 0) is 9.53 Å². The average Bonchev–Trinajstić information content (AvgIpc) is 3.48. The van der Waals surface area contributed by atoms with E-state index >= 15 is 0 Å². The summed E-state index contributed by atoms with van der Waals surface area (Å²) in [6.07, 6.45) is 0.0639. The molecule has 0 saturated heterocycles. The van der Waals surface area contributed by atoms with E-state index in [1.54, 1.807) is 64.4 Å². The molecule has 202 valence electrons. The van der Waals surface area contributed by atoms with Crippen molar-refractivity contribution in [3.8, 4) is 16.2 Å². The van der Waals surface area contributed by atoms with E-state index in [9.17, 15) is 19.5 Å². The lowest BCUT2D eigenvalue weighted by molar-refractivity contribution is -0.154. The van der Waals surface area contributed by atoms with E-state index in [2.05, 4.69) is 10.5 Å². The lowest BCUT2D eigenvalue weighted by Crippen LogP contribution is -2.31. The van der Waals surface area contributed by atoms with Gasteiger partial charge in [-0.25, -0.2) is 5.43 Å². The van der Waals surface area contributed by atoms with E-state index in [4.69, 9.17) is 27.9 Å². The molecule has 1 aromatic carbocycles. The van der Waals surface area contributed by atoms with Crippen molar-refractivity contribution in [1.29, 1.82) is 0 Å². The zero-order chi connectivity index (χ0) is 28.2. The third-order valence-corrected chi connectivity index (χ3v) is 7.95. The Hall–Kier alpha value is -2.92. The molecule has 2 amide bonds. The number of thiophene rings is 2. The third-order valence-electron chi connectivity index (χ3n) is 5.12. The monoisotopic (exact) mass is 595 g/mol. The van der Waals surface area contributed by atoms with Crippen LogP contribution < -0.4 is 5.43 Å². The number of carbonyl (C=O) groups excluding carboxylic acids is 3. The van der Waals surface area contributed by atoms with Gasteiger partial charge in [0, 0.05) is 19.0 Å². The molecule has 3 aromatic rings. The van der Waals surface area contributed by atoms with Crippen molar-refractivity contribution in [2.24, 2.45) is 5.10 Å². The molecule has 0 atom stereocenters. The van der Waals surface area contributed by atoms with Crippen LogP contribution in [-0.4, -0.2) is 52.7 Å². The van der Waals surface area contributed by atoms with E-state index in [0.29, 0.717) is 36.6 Å². The molecule has 3 rings (SSSR count). The number of carbonyl (C=O) groups is 3. The van der Waals surface area contributed by atoms with Crippen molar-refractivity contribution >= 4 is 69.4 Å². The Labute approximate surface area is 238 Å². The third kappa shape index (κ3) is 7.57. The van der Waals surface area contributed by atoms with Crippen LogP contribution in [0.1, 0.15) is 59.0 Å². The van der Waals surface area contributed by atoms with Gasteiger partial charge in [0.05, 0.1) is 42.4 Å². The number of hydrazone groups is 1. The summed E-state index contributed by atoms with van der Waals surface area (Å²) in [6, 6.07) is 8.15. The number of rotatable bonds is 8. The van der Waals surface area contributed by atoms with Gasteiger partial charge >= 0.3 is 5.97 Å². The van der Waals surface area contributed by atoms with Crippen LogP contribution in [0.15, 0.2) is 40.8 Å². The van der Waals surface area contributed by atoms with Crippen molar-refractivity contribution in [2.45, 2.75) is 39.7 Å². The summed E-state index contributed by atoms with van der Waals surface area (Å²) in [5.74, 6) is -1.18. The fourth-order valence-electron chi connectivity index (χ4n) is 3.22. The molecule has 0 radical (unpaired) electrons. The Morgan fingerprint density at radius 1 is 1.11 bits per heavy atom. The van der Waals surface area contributed by atoms with Crippen LogP contribution in [0.2, 0.25) is 10.0 Å². The maximum Gasteiger partial charge on any atom is 0.308 e. The van der Waals surface area contributed by atoms with Crippen molar-refractivity contribution in [1.82, 2.24) is 10.3 Å².